The molecule has 2 aliphatic rings. The molecule has 1 aromatic rings. The molecule has 10 nitrogen and oxygen atoms in total. The molecule has 3 rings (SSSR count). The summed E-state index contributed by atoms with van der Waals surface area (Å²) < 4.78 is 0. The number of carbonyl (C=O) groups is 3. The molecule has 3 atom stereocenters. The summed E-state index contributed by atoms with van der Waals surface area (Å²) >= 11 is 6.59. The molecule has 3 heterocycles. The van der Waals surface area contributed by atoms with Gasteiger partial charge in [-0.3, -0.25) is 14.4 Å². The van der Waals surface area contributed by atoms with Crippen molar-refractivity contribution in [1.29, 1.82) is 0 Å². The second kappa shape index (κ2) is 7.56. The number of anilines is 1. The number of nitrogen functional groups attached to an aromatic ring is 1. The van der Waals surface area contributed by atoms with E-state index in [-0.39, 0.29) is 40.1 Å². The fourth-order valence-corrected chi connectivity index (χ4v) is 5.41. The van der Waals surface area contributed by atoms with Gasteiger partial charge in [0.1, 0.15) is 29.6 Å². The van der Waals surface area contributed by atoms with Gasteiger partial charge in [-0.25, -0.2) is 4.98 Å². The summed E-state index contributed by atoms with van der Waals surface area (Å²) in [6, 6.07) is -0.771. The number of carbonyl (C=O) groups excluding carboxylic acids is 2. The van der Waals surface area contributed by atoms with Gasteiger partial charge in [0.2, 0.25) is 5.91 Å². The Morgan fingerprint density at radius 1 is 1.63 bits per heavy atom. The Hall–Kier alpha value is -1.99. The number of β-lactam (4-membered cyclic amide) rings is 1. The van der Waals surface area contributed by atoms with Gasteiger partial charge in [0, 0.05) is 23.4 Å². The Bertz CT molecular complexity index is 815. The van der Waals surface area contributed by atoms with Crippen LogP contribution in [0.25, 0.3) is 0 Å². The molecule has 0 aliphatic carbocycles. The number of fused-ring (bicyclic) bond motifs is 1. The minimum Gasteiger partial charge on any atom is -0.481 e. The van der Waals surface area contributed by atoms with Gasteiger partial charge in [-0.05, 0) is 0 Å². The first-order chi connectivity index (χ1) is 12.8. The summed E-state index contributed by atoms with van der Waals surface area (Å²) in [5, 5.41) is 17.3. The molecule has 2 aliphatic heterocycles. The van der Waals surface area contributed by atoms with Crippen LogP contribution >= 0.6 is 35.7 Å². The maximum absolute atomic E-state index is 12.6. The zero-order valence-electron chi connectivity index (χ0n) is 14.1. The zero-order chi connectivity index (χ0) is 19.8. The van der Waals surface area contributed by atoms with Crippen molar-refractivity contribution in [2.75, 3.05) is 30.9 Å². The first-order valence-electron chi connectivity index (χ1n) is 7.72. The second-order valence-corrected chi connectivity index (χ2v) is 8.37. The second-order valence-electron chi connectivity index (χ2n) is 6.06. The Balaban J connectivity index is 1.71. The monoisotopic (exact) mass is 431 g/mol. The SMILES string of the molecule is CON=C(C(=O)NC1C(=O)N2CC(CS)(C(=O)O)CS[C@H]12)c1csc(N)n1. The number of nitrogens with one attached hydrogen (secondary N) is 1. The number of thioether (sulfide) groups is 1. The van der Waals surface area contributed by atoms with Crippen LogP contribution in [-0.2, 0) is 19.2 Å². The molecule has 0 saturated carbocycles. The van der Waals surface area contributed by atoms with Gasteiger partial charge in [-0.2, -0.15) is 12.6 Å². The third-order valence-electron chi connectivity index (χ3n) is 4.35. The number of nitrogens with two attached hydrogens (primary N) is 1. The quantitative estimate of drug-likeness (QED) is 0.204. The lowest BCUT2D eigenvalue weighted by atomic mass is 9.89. The number of carboxylic acids is 1. The molecular formula is C14H17N5O5S3. The first kappa shape index (κ1) is 19.8. The van der Waals surface area contributed by atoms with E-state index < -0.39 is 23.3 Å². The number of carboxylic acid groups (broad SMARTS) is 1. The smallest absolute Gasteiger partial charge is 0.313 e. The van der Waals surface area contributed by atoms with Crippen molar-refractivity contribution in [3.8, 4) is 0 Å². The highest BCUT2D eigenvalue weighted by Crippen LogP contribution is 2.42. The van der Waals surface area contributed by atoms with Crippen molar-refractivity contribution in [1.82, 2.24) is 15.2 Å². The molecule has 0 aromatic carbocycles. The predicted octanol–water partition coefficient (Wildman–Crippen LogP) is -0.523. The van der Waals surface area contributed by atoms with Crippen molar-refractivity contribution < 1.29 is 24.3 Å². The number of rotatable bonds is 6. The van der Waals surface area contributed by atoms with Gasteiger partial charge in [-0.15, -0.1) is 23.1 Å². The highest BCUT2D eigenvalue weighted by Gasteiger charge is 2.57. The number of nitrogens with zero attached hydrogens (tertiary/aromatic N) is 3. The number of aromatic nitrogens is 1. The normalized spacial score (nSPS) is 27.6. The molecule has 13 heteroatoms. The van der Waals surface area contributed by atoms with Crippen LogP contribution in [0.3, 0.4) is 0 Å². The van der Waals surface area contributed by atoms with Crippen LogP contribution in [0.1, 0.15) is 5.69 Å². The van der Waals surface area contributed by atoms with Crippen LogP contribution in [0, 0.1) is 5.41 Å². The van der Waals surface area contributed by atoms with Gasteiger partial charge in [-0.1, -0.05) is 5.16 Å². The highest BCUT2D eigenvalue weighted by atomic mass is 32.2. The number of thiol groups is 1. The summed E-state index contributed by atoms with van der Waals surface area (Å²) in [7, 11) is 1.29. The molecule has 4 N–H and O–H groups in total. The Morgan fingerprint density at radius 3 is 2.93 bits per heavy atom. The fraction of sp³-hybridized carbons (Fsp3) is 0.500. The highest BCUT2D eigenvalue weighted by molar-refractivity contribution is 8.00. The zero-order valence-corrected chi connectivity index (χ0v) is 16.6. The van der Waals surface area contributed by atoms with Crippen LogP contribution in [-0.4, -0.2) is 75.1 Å². The summed E-state index contributed by atoms with van der Waals surface area (Å²) in [4.78, 5) is 46.7. The standard InChI is InChI=1S/C14H17N5O5S3/c1-24-18-7(6-2-26-13(15)16-6)9(20)17-8-10(21)19-3-14(4-25,12(22)23)5-27-11(8)19/h2,8,11,25H,3-5H2,1H3,(H2,15,16)(H,17,20)(H,22,23)/t8?,11-,14?/m1/s1. The van der Waals surface area contributed by atoms with E-state index in [1.54, 1.807) is 5.38 Å². The van der Waals surface area contributed by atoms with E-state index in [1.165, 1.54) is 23.8 Å². The summed E-state index contributed by atoms with van der Waals surface area (Å²) in [5.74, 6) is -1.53. The van der Waals surface area contributed by atoms with E-state index in [9.17, 15) is 19.5 Å². The fourth-order valence-electron chi connectivity index (χ4n) is 2.82. The lowest BCUT2D eigenvalue weighted by Gasteiger charge is -2.53. The molecular weight excluding hydrogens is 414 g/mol. The summed E-state index contributed by atoms with van der Waals surface area (Å²) in [6.45, 7) is 0.0658. The molecule has 27 heavy (non-hydrogen) atoms. The lowest BCUT2D eigenvalue weighted by molar-refractivity contribution is -0.157. The van der Waals surface area contributed by atoms with Gasteiger partial charge < -0.3 is 25.9 Å². The Kier molecular flexibility index (Phi) is 5.53. The van der Waals surface area contributed by atoms with Crippen molar-refractivity contribution >= 4 is 64.4 Å². The van der Waals surface area contributed by atoms with Gasteiger partial charge >= 0.3 is 5.97 Å². The molecule has 146 valence electrons. The third kappa shape index (κ3) is 3.46. The van der Waals surface area contributed by atoms with Gasteiger partial charge in [0.15, 0.2) is 10.8 Å². The van der Waals surface area contributed by atoms with E-state index in [0.29, 0.717) is 5.75 Å². The number of oxime groups is 1. The topological polar surface area (TPSA) is 147 Å². The molecule has 2 amide bonds. The van der Waals surface area contributed by atoms with E-state index >= 15 is 0 Å². The molecule has 2 unspecified atom stereocenters. The van der Waals surface area contributed by atoms with Crippen LogP contribution in [0.2, 0.25) is 0 Å². The Morgan fingerprint density at radius 2 is 2.37 bits per heavy atom. The summed E-state index contributed by atoms with van der Waals surface area (Å²) in [6.07, 6.45) is 0. The molecule has 0 radical (unpaired) electrons. The largest absolute Gasteiger partial charge is 0.481 e. The maximum atomic E-state index is 12.6. The predicted molar refractivity (Wildman–Crippen MR) is 104 cm³/mol. The average molecular weight is 432 g/mol. The van der Waals surface area contributed by atoms with Crippen molar-refractivity contribution in [3.63, 3.8) is 0 Å². The van der Waals surface area contributed by atoms with Crippen LogP contribution in [0.4, 0.5) is 5.13 Å². The van der Waals surface area contributed by atoms with E-state index in [1.807, 2.05) is 0 Å². The number of hydrogen-bond donors (Lipinski definition) is 4. The summed E-state index contributed by atoms with van der Waals surface area (Å²) in [5.41, 5.74) is 4.65. The number of hydrogen-bond acceptors (Lipinski definition) is 10. The number of amides is 2. The lowest BCUT2D eigenvalue weighted by Crippen LogP contribution is -2.74. The third-order valence-corrected chi connectivity index (χ3v) is 7.22. The molecule has 1 aromatic heterocycles. The Labute approximate surface area is 167 Å². The van der Waals surface area contributed by atoms with E-state index in [4.69, 9.17) is 10.6 Å². The first-order valence-corrected chi connectivity index (χ1v) is 10.3. The van der Waals surface area contributed by atoms with Gasteiger partial charge in [0.05, 0.1) is 0 Å². The molecule has 0 bridgehead atoms. The number of thiazole rings is 1. The average Bonchev–Trinajstić information content (AvgIpc) is 3.08. The van der Waals surface area contributed by atoms with Gasteiger partial charge in [0.25, 0.3) is 5.91 Å². The number of aliphatic carboxylic acids is 1. The van der Waals surface area contributed by atoms with Crippen LogP contribution in [0.5, 0.6) is 0 Å². The molecule has 0 spiro atoms. The van der Waals surface area contributed by atoms with Crippen molar-refractivity contribution in [2.24, 2.45) is 10.6 Å². The maximum Gasteiger partial charge on any atom is 0.313 e. The van der Waals surface area contributed by atoms with E-state index in [0.717, 1.165) is 11.3 Å². The van der Waals surface area contributed by atoms with Crippen molar-refractivity contribution in [2.45, 2.75) is 11.4 Å². The molecule has 2 fully saturated rings. The van der Waals surface area contributed by atoms with Crippen LogP contribution in [0.15, 0.2) is 10.5 Å². The molecule has 2 saturated heterocycles. The van der Waals surface area contributed by atoms with E-state index in [2.05, 4.69) is 28.1 Å². The van der Waals surface area contributed by atoms with Crippen molar-refractivity contribution in [3.05, 3.63) is 11.1 Å². The van der Waals surface area contributed by atoms with Crippen LogP contribution < -0.4 is 11.1 Å². The minimum absolute atomic E-state index is 0.0658. The minimum atomic E-state index is -1.09.